The molecule has 9 heteroatoms. The third kappa shape index (κ3) is 4.68. The van der Waals surface area contributed by atoms with Gasteiger partial charge in [-0.1, -0.05) is 30.3 Å². The Labute approximate surface area is 168 Å². The normalized spacial score (nSPS) is 28.0. The van der Waals surface area contributed by atoms with Crippen LogP contribution in [-0.2, 0) is 35.1 Å². The molecule has 2 heterocycles. The Kier molecular flexibility index (Phi) is 6.71. The van der Waals surface area contributed by atoms with Gasteiger partial charge in [0.2, 0.25) is 0 Å². The zero-order chi connectivity index (χ0) is 21.0. The largest absolute Gasteiger partial charge is 0.456 e. The van der Waals surface area contributed by atoms with Crippen LogP contribution in [0.25, 0.3) is 0 Å². The zero-order valence-corrected chi connectivity index (χ0v) is 16.4. The van der Waals surface area contributed by atoms with Gasteiger partial charge in [0.25, 0.3) is 0 Å². The van der Waals surface area contributed by atoms with Crippen molar-refractivity contribution in [2.24, 2.45) is 0 Å². The first-order valence-corrected chi connectivity index (χ1v) is 9.48. The van der Waals surface area contributed by atoms with Gasteiger partial charge < -0.3 is 24.1 Å². The Bertz CT molecular complexity index is 739. The molecule has 3 rings (SSSR count). The minimum Gasteiger partial charge on any atom is -0.456 e. The molecule has 2 aliphatic heterocycles. The van der Waals surface area contributed by atoms with E-state index in [2.05, 4.69) is 0 Å². The zero-order valence-electron chi connectivity index (χ0n) is 16.4. The molecule has 1 N–H and O–H groups in total. The van der Waals surface area contributed by atoms with E-state index in [0.717, 1.165) is 5.56 Å². The lowest BCUT2D eigenvalue weighted by molar-refractivity contribution is -0.166. The molecule has 29 heavy (non-hydrogen) atoms. The van der Waals surface area contributed by atoms with Crippen LogP contribution < -0.4 is 0 Å². The molecule has 158 valence electrons. The van der Waals surface area contributed by atoms with Crippen molar-refractivity contribution in [1.82, 2.24) is 4.90 Å². The number of ether oxygens (including phenoxy) is 4. The average Bonchev–Trinajstić information content (AvgIpc) is 3.13. The average molecular weight is 407 g/mol. The molecule has 0 unspecified atom stereocenters. The van der Waals surface area contributed by atoms with E-state index in [4.69, 9.17) is 18.9 Å². The maximum atomic E-state index is 12.5. The highest BCUT2D eigenvalue weighted by molar-refractivity contribution is 5.74. The highest BCUT2D eigenvalue weighted by Gasteiger charge is 2.62. The van der Waals surface area contributed by atoms with E-state index in [1.807, 2.05) is 30.3 Å². The molecular formula is C20H25NO8. The molecule has 0 radical (unpaired) electrons. The molecule has 0 saturated carbocycles. The number of esters is 2. The fourth-order valence-electron chi connectivity index (χ4n) is 3.93. The second-order valence-corrected chi connectivity index (χ2v) is 7.05. The number of rotatable bonds is 8. The molecule has 0 aliphatic carbocycles. The number of cyclic esters (lactones) is 1. The topological polar surface area (TPSA) is 112 Å². The van der Waals surface area contributed by atoms with Crippen molar-refractivity contribution in [2.75, 3.05) is 13.2 Å². The summed E-state index contributed by atoms with van der Waals surface area (Å²) < 4.78 is 22.0. The van der Waals surface area contributed by atoms with Crippen LogP contribution in [0.3, 0.4) is 0 Å². The van der Waals surface area contributed by atoms with Gasteiger partial charge in [0, 0.05) is 26.9 Å². The summed E-state index contributed by atoms with van der Waals surface area (Å²) in [6.45, 7) is 2.65. The Hall–Kier alpha value is -2.65. The van der Waals surface area contributed by atoms with Crippen molar-refractivity contribution >= 4 is 18.0 Å². The van der Waals surface area contributed by atoms with Crippen molar-refractivity contribution in [3.63, 3.8) is 0 Å². The van der Waals surface area contributed by atoms with Crippen molar-refractivity contribution < 1.29 is 38.4 Å². The number of aliphatic hydroxyl groups is 1. The second kappa shape index (κ2) is 9.23. The van der Waals surface area contributed by atoms with Crippen LogP contribution in [0, 0.1) is 0 Å². The molecule has 1 aromatic carbocycles. The fourth-order valence-corrected chi connectivity index (χ4v) is 3.93. The van der Waals surface area contributed by atoms with E-state index < -0.39 is 48.4 Å². The maximum absolute atomic E-state index is 12.5. The molecule has 0 spiro atoms. The number of amides is 1. The van der Waals surface area contributed by atoms with E-state index in [0.29, 0.717) is 6.61 Å². The first-order valence-electron chi connectivity index (χ1n) is 9.48. The summed E-state index contributed by atoms with van der Waals surface area (Å²) in [7, 11) is 0. The number of aliphatic hydroxyl groups excluding tert-OH is 1. The number of fused-ring (bicyclic) bond motifs is 1. The SMILES string of the molecule is CC(=O)O[C@@H]1[C@H](OC(C)=O)[C@@H](COCc2ccccc2)N2C(=O)O[C@H](CCO)[C@H]12. The predicted molar refractivity (Wildman–Crippen MR) is 98.6 cm³/mol. The smallest absolute Gasteiger partial charge is 0.411 e. The Balaban J connectivity index is 1.83. The summed E-state index contributed by atoms with van der Waals surface area (Å²) in [5, 5.41) is 9.32. The Morgan fingerprint density at radius 3 is 2.38 bits per heavy atom. The second-order valence-electron chi connectivity index (χ2n) is 7.05. The lowest BCUT2D eigenvalue weighted by Crippen LogP contribution is -2.44. The van der Waals surface area contributed by atoms with Crippen molar-refractivity contribution in [3.8, 4) is 0 Å². The van der Waals surface area contributed by atoms with Gasteiger partial charge in [0.05, 0.1) is 19.3 Å². The molecule has 5 atom stereocenters. The van der Waals surface area contributed by atoms with Crippen LogP contribution >= 0.6 is 0 Å². The van der Waals surface area contributed by atoms with Crippen LogP contribution in [0.4, 0.5) is 4.79 Å². The van der Waals surface area contributed by atoms with Crippen LogP contribution in [0.1, 0.15) is 25.8 Å². The van der Waals surface area contributed by atoms with Gasteiger partial charge in [-0.15, -0.1) is 0 Å². The van der Waals surface area contributed by atoms with Crippen molar-refractivity contribution in [2.45, 2.75) is 57.3 Å². The summed E-state index contributed by atoms with van der Waals surface area (Å²) in [6, 6.07) is 8.13. The molecule has 2 fully saturated rings. The molecular weight excluding hydrogens is 382 g/mol. The van der Waals surface area contributed by atoms with E-state index >= 15 is 0 Å². The highest BCUT2D eigenvalue weighted by Crippen LogP contribution is 2.39. The molecule has 0 bridgehead atoms. The van der Waals surface area contributed by atoms with Gasteiger partial charge in [-0.2, -0.15) is 0 Å². The van der Waals surface area contributed by atoms with Crippen molar-refractivity contribution in [1.29, 1.82) is 0 Å². The molecule has 2 saturated heterocycles. The molecule has 1 amide bonds. The van der Waals surface area contributed by atoms with Gasteiger partial charge in [-0.25, -0.2) is 4.79 Å². The Morgan fingerprint density at radius 1 is 1.10 bits per heavy atom. The molecule has 0 aromatic heterocycles. The lowest BCUT2D eigenvalue weighted by atomic mass is 10.0. The first-order chi connectivity index (χ1) is 13.9. The van der Waals surface area contributed by atoms with Gasteiger partial charge >= 0.3 is 18.0 Å². The fraction of sp³-hybridized carbons (Fsp3) is 0.550. The number of hydrogen-bond acceptors (Lipinski definition) is 8. The van der Waals surface area contributed by atoms with Gasteiger partial charge in [0.15, 0.2) is 12.2 Å². The summed E-state index contributed by atoms with van der Waals surface area (Å²) >= 11 is 0. The molecule has 1 aromatic rings. The quantitative estimate of drug-likeness (QED) is 0.502. The first kappa shape index (κ1) is 21.1. The number of carbonyl (C=O) groups excluding carboxylic acids is 3. The summed E-state index contributed by atoms with van der Waals surface area (Å²) in [5.74, 6) is -1.13. The van der Waals surface area contributed by atoms with Crippen molar-refractivity contribution in [3.05, 3.63) is 35.9 Å². The Morgan fingerprint density at radius 2 is 1.76 bits per heavy atom. The number of carbonyl (C=O) groups is 3. The number of benzene rings is 1. The molecule has 2 aliphatic rings. The maximum Gasteiger partial charge on any atom is 0.411 e. The standard InChI is InChI=1S/C20H25NO8/c1-12(23)27-18-15(11-26-10-14-6-4-3-5-7-14)21-17(19(18)28-13(2)24)16(8-9-22)29-20(21)25/h3-7,15-19,22H,8-11H2,1-2H3/t15-,16-,17-,18-,19+/m1/s1. The van der Waals surface area contributed by atoms with E-state index in [1.54, 1.807) is 0 Å². The molecule has 9 nitrogen and oxygen atoms in total. The van der Waals surface area contributed by atoms with Gasteiger partial charge in [0.1, 0.15) is 12.1 Å². The third-order valence-corrected chi connectivity index (χ3v) is 4.98. The summed E-state index contributed by atoms with van der Waals surface area (Å²) in [5.41, 5.74) is 0.949. The predicted octanol–water partition coefficient (Wildman–Crippen LogP) is 1.02. The van der Waals surface area contributed by atoms with Gasteiger partial charge in [-0.05, 0) is 5.56 Å². The minimum atomic E-state index is -0.912. The van der Waals surface area contributed by atoms with E-state index in [9.17, 15) is 19.5 Å². The van der Waals surface area contributed by atoms with E-state index in [1.165, 1.54) is 18.7 Å². The number of hydrogen-bond donors (Lipinski definition) is 1. The van der Waals surface area contributed by atoms with Crippen LogP contribution in [0.5, 0.6) is 0 Å². The van der Waals surface area contributed by atoms with Crippen LogP contribution in [-0.4, -0.2) is 71.6 Å². The van der Waals surface area contributed by atoms with Crippen LogP contribution in [0.2, 0.25) is 0 Å². The van der Waals surface area contributed by atoms with Crippen LogP contribution in [0.15, 0.2) is 30.3 Å². The monoisotopic (exact) mass is 407 g/mol. The summed E-state index contributed by atoms with van der Waals surface area (Å²) in [4.78, 5) is 37.3. The summed E-state index contributed by atoms with van der Waals surface area (Å²) in [6.07, 6.45) is -2.94. The third-order valence-electron chi connectivity index (χ3n) is 4.98. The highest BCUT2D eigenvalue weighted by atomic mass is 16.6. The minimum absolute atomic E-state index is 0.0576. The van der Waals surface area contributed by atoms with E-state index in [-0.39, 0.29) is 19.6 Å². The number of nitrogens with zero attached hydrogens (tertiary/aromatic N) is 1. The lowest BCUT2D eigenvalue weighted by Gasteiger charge is -2.26. The van der Waals surface area contributed by atoms with Gasteiger partial charge in [-0.3, -0.25) is 14.5 Å².